The van der Waals surface area contributed by atoms with Crippen LogP contribution in [0, 0.1) is 19.7 Å². The van der Waals surface area contributed by atoms with Crippen molar-refractivity contribution >= 4 is 13.3 Å². The molecule has 1 aromatic heterocycles. The number of hydrogen-bond donors (Lipinski definition) is 3. The molecule has 0 aliphatic rings. The van der Waals surface area contributed by atoms with E-state index in [2.05, 4.69) is 0 Å². The number of aryl methyl sites for hydroxylation is 1. The number of aliphatic hydroxyl groups is 1. The number of aromatic nitrogens is 1. The van der Waals surface area contributed by atoms with E-state index in [-0.39, 0.29) is 18.4 Å². The van der Waals surface area contributed by atoms with Crippen LogP contribution in [0.3, 0.4) is 0 Å². The minimum atomic E-state index is -3.80. The van der Waals surface area contributed by atoms with Gasteiger partial charge in [-0.25, -0.2) is 4.39 Å². The molecule has 3 rings (SSSR count). The van der Waals surface area contributed by atoms with Gasteiger partial charge in [0, 0.05) is 17.4 Å². The van der Waals surface area contributed by atoms with Crippen molar-refractivity contribution in [2.45, 2.75) is 32.8 Å². The maximum atomic E-state index is 13.6. The number of benzene rings is 2. The van der Waals surface area contributed by atoms with E-state index in [0.717, 1.165) is 33.5 Å². The van der Waals surface area contributed by atoms with Gasteiger partial charge in [0.1, 0.15) is 5.82 Å². The van der Waals surface area contributed by atoms with Gasteiger partial charge in [-0.1, -0.05) is 42.5 Å². The molecule has 3 aromatic rings. The van der Waals surface area contributed by atoms with Gasteiger partial charge in [0.2, 0.25) is 7.37 Å². The fraction of sp³-hybridized carbons (Fsp3) is 0.280. The molecular weight excluding hydrogens is 444 g/mol. The maximum Gasteiger partial charge on any atom is 0.305 e. The van der Waals surface area contributed by atoms with E-state index in [1.165, 1.54) is 12.1 Å². The van der Waals surface area contributed by atoms with Crippen LogP contribution in [-0.2, 0) is 15.8 Å². The van der Waals surface area contributed by atoms with Crippen molar-refractivity contribution in [3.63, 3.8) is 0 Å². The van der Waals surface area contributed by atoms with Crippen LogP contribution in [0.25, 0.3) is 22.4 Å². The largest absolute Gasteiger partial charge is 0.481 e. The first kappa shape index (κ1) is 24.8. The summed E-state index contributed by atoms with van der Waals surface area (Å²) in [5.74, 6) is -1.59. The Morgan fingerprint density at radius 2 is 1.70 bits per heavy atom. The normalized spacial score (nSPS) is 14.0. The number of carboxylic acid groups (broad SMARTS) is 1. The molecule has 174 valence electrons. The molecule has 0 saturated carbocycles. The second-order valence-corrected chi connectivity index (χ2v) is 10.7. The molecule has 3 N–H and O–H groups in total. The third kappa shape index (κ3) is 6.35. The van der Waals surface area contributed by atoms with Crippen LogP contribution >= 0.6 is 7.37 Å². The summed E-state index contributed by atoms with van der Waals surface area (Å²) in [5, 5.41) is 18.6. The summed E-state index contributed by atoms with van der Waals surface area (Å²) in [6, 6.07) is 15.7. The Hall–Kier alpha value is -2.86. The number of pyridine rings is 1. The molecule has 1 unspecified atom stereocenters. The van der Waals surface area contributed by atoms with Gasteiger partial charge in [-0.05, 0) is 54.7 Å². The Morgan fingerprint density at radius 3 is 2.30 bits per heavy atom. The van der Waals surface area contributed by atoms with Gasteiger partial charge in [0.25, 0.3) is 0 Å². The molecule has 0 aliphatic carbocycles. The van der Waals surface area contributed by atoms with E-state index in [9.17, 15) is 23.7 Å². The number of carboxylic acids is 1. The first-order valence-electron chi connectivity index (χ1n) is 10.6. The molecular formula is C25H27FNO5P. The molecule has 0 spiro atoms. The molecule has 0 aliphatic heterocycles. The summed E-state index contributed by atoms with van der Waals surface area (Å²) in [5.41, 5.74) is 5.62. The van der Waals surface area contributed by atoms with Crippen LogP contribution in [-0.4, -0.2) is 44.5 Å². The first-order chi connectivity index (χ1) is 15.6. The molecule has 33 heavy (non-hydrogen) atoms. The number of hydrogen-bond acceptors (Lipinski definition) is 4. The molecule has 0 saturated heterocycles. The third-order valence-electron chi connectivity index (χ3n) is 5.55. The minimum absolute atomic E-state index is 0.134. The standard InChI is InChI=1S/C25H27FNO5P/c1-16-24(18-8-10-20(26)11-9-18)22(12-13-33(31,32)15-21(28)14-23(29)30)17(2)27-25(16)19-6-4-3-5-7-19/h3-11,21,28H,12-15H2,1-2H3,(H,29,30)(H,31,32)/t21-/m1/s1. The number of aliphatic hydroxyl groups excluding tert-OH is 1. The lowest BCUT2D eigenvalue weighted by molar-refractivity contribution is -0.138. The molecule has 0 bridgehead atoms. The number of carbonyl (C=O) groups is 1. The van der Waals surface area contributed by atoms with Gasteiger partial charge in [0.15, 0.2) is 0 Å². The van der Waals surface area contributed by atoms with Crippen LogP contribution in [0.2, 0.25) is 0 Å². The number of halogens is 1. The smallest absolute Gasteiger partial charge is 0.305 e. The second kappa shape index (κ2) is 10.4. The lowest BCUT2D eigenvalue weighted by atomic mass is 9.90. The van der Waals surface area contributed by atoms with Crippen molar-refractivity contribution in [2.75, 3.05) is 12.3 Å². The summed E-state index contributed by atoms with van der Waals surface area (Å²) in [4.78, 5) is 25.9. The van der Waals surface area contributed by atoms with Crippen molar-refractivity contribution in [2.24, 2.45) is 0 Å². The number of nitrogens with zero attached hydrogens (tertiary/aromatic N) is 1. The maximum absolute atomic E-state index is 13.6. The van der Waals surface area contributed by atoms with Crippen LogP contribution in [0.5, 0.6) is 0 Å². The van der Waals surface area contributed by atoms with Gasteiger partial charge in [-0.3, -0.25) is 14.3 Å². The Morgan fingerprint density at radius 1 is 1.06 bits per heavy atom. The summed E-state index contributed by atoms with van der Waals surface area (Å²) in [6.45, 7) is 3.75. The second-order valence-electron chi connectivity index (χ2n) is 8.15. The average molecular weight is 471 g/mol. The summed E-state index contributed by atoms with van der Waals surface area (Å²) in [6.07, 6.45) is -2.40. The van der Waals surface area contributed by atoms with Crippen molar-refractivity contribution in [1.29, 1.82) is 0 Å². The fourth-order valence-corrected chi connectivity index (χ4v) is 5.55. The molecule has 8 heteroatoms. The van der Waals surface area contributed by atoms with E-state index in [1.54, 1.807) is 12.1 Å². The Kier molecular flexibility index (Phi) is 7.80. The fourth-order valence-electron chi connectivity index (χ4n) is 4.01. The number of aliphatic carboxylic acids is 1. The first-order valence-corrected chi connectivity index (χ1v) is 12.6. The van der Waals surface area contributed by atoms with E-state index in [0.29, 0.717) is 5.69 Å². The minimum Gasteiger partial charge on any atom is -0.481 e. The van der Waals surface area contributed by atoms with Crippen molar-refractivity contribution < 1.29 is 28.9 Å². The molecule has 1 heterocycles. The molecule has 0 amide bonds. The lowest BCUT2D eigenvalue weighted by Gasteiger charge is -2.21. The van der Waals surface area contributed by atoms with E-state index in [4.69, 9.17) is 10.1 Å². The summed E-state index contributed by atoms with van der Waals surface area (Å²) < 4.78 is 26.3. The van der Waals surface area contributed by atoms with Crippen molar-refractivity contribution in [3.8, 4) is 22.4 Å². The topological polar surface area (TPSA) is 108 Å². The van der Waals surface area contributed by atoms with Crippen molar-refractivity contribution in [1.82, 2.24) is 4.98 Å². The SMILES string of the molecule is Cc1nc(-c2ccccc2)c(C)c(-c2ccc(F)cc2)c1CCP(=O)(O)C[C@H](O)CC(=O)O. The Balaban J connectivity index is 2.02. The zero-order valence-corrected chi connectivity index (χ0v) is 19.4. The molecule has 2 aromatic carbocycles. The molecule has 6 nitrogen and oxygen atoms in total. The quantitative estimate of drug-likeness (QED) is 0.386. The van der Waals surface area contributed by atoms with Crippen LogP contribution < -0.4 is 0 Å². The van der Waals surface area contributed by atoms with E-state index in [1.807, 2.05) is 44.2 Å². The highest BCUT2D eigenvalue weighted by molar-refractivity contribution is 7.58. The van der Waals surface area contributed by atoms with Gasteiger partial charge in [0.05, 0.1) is 24.4 Å². The highest BCUT2D eigenvalue weighted by atomic mass is 31.2. The van der Waals surface area contributed by atoms with Gasteiger partial charge < -0.3 is 15.1 Å². The Labute approximate surface area is 192 Å². The highest BCUT2D eigenvalue weighted by Crippen LogP contribution is 2.44. The van der Waals surface area contributed by atoms with E-state index >= 15 is 0 Å². The number of rotatable bonds is 9. The summed E-state index contributed by atoms with van der Waals surface area (Å²) >= 11 is 0. The highest BCUT2D eigenvalue weighted by Gasteiger charge is 2.26. The molecule has 0 fully saturated rings. The summed E-state index contributed by atoms with van der Waals surface area (Å²) in [7, 11) is -3.80. The Bertz CT molecular complexity index is 1180. The predicted molar refractivity (Wildman–Crippen MR) is 126 cm³/mol. The van der Waals surface area contributed by atoms with Gasteiger partial charge >= 0.3 is 5.97 Å². The molecule has 2 atom stereocenters. The van der Waals surface area contributed by atoms with Crippen LogP contribution in [0.4, 0.5) is 4.39 Å². The zero-order valence-electron chi connectivity index (χ0n) is 18.5. The van der Waals surface area contributed by atoms with Crippen LogP contribution in [0.1, 0.15) is 23.2 Å². The average Bonchev–Trinajstić information content (AvgIpc) is 2.74. The monoisotopic (exact) mass is 471 g/mol. The van der Waals surface area contributed by atoms with Gasteiger partial charge in [-0.2, -0.15) is 0 Å². The zero-order chi connectivity index (χ0) is 24.2. The third-order valence-corrected chi connectivity index (χ3v) is 7.46. The van der Waals surface area contributed by atoms with E-state index < -0.39 is 32.0 Å². The molecule has 0 radical (unpaired) electrons. The predicted octanol–water partition coefficient (Wildman–Crippen LogP) is 4.82. The lowest BCUT2D eigenvalue weighted by Crippen LogP contribution is -2.19. The van der Waals surface area contributed by atoms with Crippen LogP contribution in [0.15, 0.2) is 54.6 Å². The van der Waals surface area contributed by atoms with Gasteiger partial charge in [-0.15, -0.1) is 0 Å². The van der Waals surface area contributed by atoms with Crippen molar-refractivity contribution in [3.05, 3.63) is 77.2 Å².